The molecule has 0 saturated carbocycles. The summed E-state index contributed by atoms with van der Waals surface area (Å²) in [6, 6.07) is 11.3. The molecular weight excluding hydrogens is 322 g/mol. The third kappa shape index (κ3) is 4.24. The SMILES string of the molecule is N/C(Cc1ccc(OCc2ccc(Br)cn2)cc1)=N/O. The van der Waals surface area contributed by atoms with E-state index in [1.54, 1.807) is 6.20 Å². The first-order valence-corrected chi connectivity index (χ1v) is 6.75. The highest BCUT2D eigenvalue weighted by atomic mass is 79.9. The highest BCUT2D eigenvalue weighted by Crippen LogP contribution is 2.15. The third-order valence-corrected chi connectivity index (χ3v) is 3.08. The third-order valence-electron chi connectivity index (χ3n) is 2.61. The van der Waals surface area contributed by atoms with Crippen molar-refractivity contribution in [1.82, 2.24) is 4.98 Å². The molecule has 0 unspecified atom stereocenters. The van der Waals surface area contributed by atoms with Gasteiger partial charge in [-0.1, -0.05) is 17.3 Å². The lowest BCUT2D eigenvalue weighted by Crippen LogP contribution is -2.14. The molecule has 0 fully saturated rings. The van der Waals surface area contributed by atoms with Crippen LogP contribution >= 0.6 is 15.9 Å². The summed E-state index contributed by atoms with van der Waals surface area (Å²) in [5.41, 5.74) is 7.26. The molecule has 0 radical (unpaired) electrons. The molecule has 0 amide bonds. The second kappa shape index (κ2) is 6.91. The zero-order chi connectivity index (χ0) is 14.4. The standard InChI is InChI=1S/C14H14BrN3O2/c15-11-3-4-12(17-8-11)9-20-13-5-1-10(2-6-13)7-14(16)18-19/h1-6,8,19H,7,9H2,(H2,16,18). The largest absolute Gasteiger partial charge is 0.487 e. The van der Waals surface area contributed by atoms with Gasteiger partial charge >= 0.3 is 0 Å². The molecule has 0 atom stereocenters. The van der Waals surface area contributed by atoms with E-state index in [1.165, 1.54) is 0 Å². The van der Waals surface area contributed by atoms with Gasteiger partial charge in [0.15, 0.2) is 0 Å². The number of nitrogens with two attached hydrogens (primary N) is 1. The van der Waals surface area contributed by atoms with Crippen LogP contribution in [0.25, 0.3) is 0 Å². The average Bonchev–Trinajstić information content (AvgIpc) is 2.48. The van der Waals surface area contributed by atoms with Crippen LogP contribution in [0.15, 0.2) is 52.2 Å². The van der Waals surface area contributed by atoms with Gasteiger partial charge in [-0.3, -0.25) is 4.98 Å². The molecular formula is C14H14BrN3O2. The summed E-state index contributed by atoms with van der Waals surface area (Å²) >= 11 is 3.33. The summed E-state index contributed by atoms with van der Waals surface area (Å²) in [6.45, 7) is 0.410. The van der Waals surface area contributed by atoms with Crippen molar-refractivity contribution in [1.29, 1.82) is 0 Å². The summed E-state index contributed by atoms with van der Waals surface area (Å²) in [6.07, 6.45) is 2.14. The Labute approximate surface area is 125 Å². The van der Waals surface area contributed by atoms with Crippen molar-refractivity contribution < 1.29 is 9.94 Å². The highest BCUT2D eigenvalue weighted by molar-refractivity contribution is 9.10. The van der Waals surface area contributed by atoms with Gasteiger partial charge in [0.05, 0.1) is 5.69 Å². The van der Waals surface area contributed by atoms with E-state index in [2.05, 4.69) is 26.1 Å². The lowest BCUT2D eigenvalue weighted by molar-refractivity contribution is 0.301. The number of pyridine rings is 1. The van der Waals surface area contributed by atoms with Gasteiger partial charge in [0.2, 0.25) is 0 Å². The van der Waals surface area contributed by atoms with Crippen LogP contribution in [0, 0.1) is 0 Å². The van der Waals surface area contributed by atoms with Crippen molar-refractivity contribution in [2.45, 2.75) is 13.0 Å². The van der Waals surface area contributed by atoms with Gasteiger partial charge in [-0.15, -0.1) is 0 Å². The average molecular weight is 336 g/mol. The van der Waals surface area contributed by atoms with E-state index in [0.717, 1.165) is 21.5 Å². The predicted molar refractivity (Wildman–Crippen MR) is 79.8 cm³/mol. The minimum absolute atomic E-state index is 0.178. The van der Waals surface area contributed by atoms with E-state index in [-0.39, 0.29) is 5.84 Å². The van der Waals surface area contributed by atoms with E-state index in [0.29, 0.717) is 13.0 Å². The minimum Gasteiger partial charge on any atom is -0.487 e. The van der Waals surface area contributed by atoms with Crippen LogP contribution in [0.5, 0.6) is 5.75 Å². The van der Waals surface area contributed by atoms with E-state index in [9.17, 15) is 0 Å². The molecule has 2 aromatic rings. The van der Waals surface area contributed by atoms with Gasteiger partial charge in [-0.2, -0.15) is 0 Å². The fraction of sp³-hybridized carbons (Fsp3) is 0.143. The monoisotopic (exact) mass is 335 g/mol. The number of hydrogen-bond donors (Lipinski definition) is 2. The molecule has 0 aliphatic carbocycles. The maximum Gasteiger partial charge on any atom is 0.143 e. The molecule has 1 aromatic carbocycles. The lowest BCUT2D eigenvalue weighted by atomic mass is 10.1. The smallest absolute Gasteiger partial charge is 0.143 e. The zero-order valence-electron chi connectivity index (χ0n) is 10.7. The number of aromatic nitrogens is 1. The molecule has 0 saturated heterocycles. The van der Waals surface area contributed by atoms with Gasteiger partial charge in [0.1, 0.15) is 18.2 Å². The van der Waals surface area contributed by atoms with Gasteiger partial charge < -0.3 is 15.7 Å². The number of nitrogens with zero attached hydrogens (tertiary/aromatic N) is 2. The van der Waals surface area contributed by atoms with Gasteiger partial charge in [0, 0.05) is 17.1 Å². The number of hydrogen-bond acceptors (Lipinski definition) is 4. The van der Waals surface area contributed by atoms with Crippen molar-refractivity contribution in [3.63, 3.8) is 0 Å². The minimum atomic E-state index is 0.178. The fourth-order valence-electron chi connectivity index (χ4n) is 1.60. The number of benzene rings is 1. The molecule has 0 bridgehead atoms. The lowest BCUT2D eigenvalue weighted by Gasteiger charge is -2.07. The summed E-state index contributed by atoms with van der Waals surface area (Å²) in [4.78, 5) is 4.23. The summed E-state index contributed by atoms with van der Waals surface area (Å²) < 4.78 is 6.57. The Bertz CT molecular complexity index is 582. The van der Waals surface area contributed by atoms with Crippen molar-refractivity contribution in [3.8, 4) is 5.75 Å². The molecule has 20 heavy (non-hydrogen) atoms. The molecule has 0 aliphatic rings. The number of oxime groups is 1. The van der Waals surface area contributed by atoms with Crippen molar-refractivity contribution >= 4 is 21.8 Å². The Kier molecular flexibility index (Phi) is 4.95. The summed E-state index contributed by atoms with van der Waals surface area (Å²) in [5, 5.41) is 11.4. The van der Waals surface area contributed by atoms with E-state index < -0.39 is 0 Å². The van der Waals surface area contributed by atoms with Crippen LogP contribution < -0.4 is 10.5 Å². The zero-order valence-corrected chi connectivity index (χ0v) is 12.2. The van der Waals surface area contributed by atoms with Gasteiger partial charge in [0.25, 0.3) is 0 Å². The molecule has 1 aromatic heterocycles. The van der Waals surface area contributed by atoms with E-state index >= 15 is 0 Å². The van der Waals surface area contributed by atoms with Crippen molar-refractivity contribution in [2.24, 2.45) is 10.9 Å². The Morgan fingerprint density at radius 2 is 2.00 bits per heavy atom. The number of rotatable bonds is 5. The molecule has 2 rings (SSSR count). The molecule has 1 heterocycles. The van der Waals surface area contributed by atoms with Crippen LogP contribution in [0.2, 0.25) is 0 Å². The van der Waals surface area contributed by atoms with Crippen LogP contribution in [0.3, 0.4) is 0 Å². The first-order valence-electron chi connectivity index (χ1n) is 5.96. The second-order valence-electron chi connectivity index (χ2n) is 4.17. The van der Waals surface area contributed by atoms with Gasteiger partial charge in [-0.05, 0) is 45.8 Å². The first kappa shape index (κ1) is 14.3. The summed E-state index contributed by atoms with van der Waals surface area (Å²) in [7, 11) is 0. The van der Waals surface area contributed by atoms with Crippen molar-refractivity contribution in [2.75, 3.05) is 0 Å². The number of ether oxygens (including phenoxy) is 1. The maximum atomic E-state index is 8.51. The van der Waals surface area contributed by atoms with Crippen LogP contribution in [-0.4, -0.2) is 16.0 Å². The second-order valence-corrected chi connectivity index (χ2v) is 5.08. The Hall–Kier alpha value is -2.08. The quantitative estimate of drug-likeness (QED) is 0.381. The van der Waals surface area contributed by atoms with Gasteiger partial charge in [-0.25, -0.2) is 0 Å². The highest BCUT2D eigenvalue weighted by Gasteiger charge is 2.00. The first-order chi connectivity index (χ1) is 9.67. The van der Waals surface area contributed by atoms with Crippen LogP contribution in [0.1, 0.15) is 11.3 Å². The topological polar surface area (TPSA) is 80.7 Å². The molecule has 3 N–H and O–H groups in total. The fourth-order valence-corrected chi connectivity index (χ4v) is 1.83. The molecule has 6 heteroatoms. The molecule has 104 valence electrons. The summed E-state index contributed by atoms with van der Waals surface area (Å²) in [5.74, 6) is 0.927. The van der Waals surface area contributed by atoms with Crippen LogP contribution in [-0.2, 0) is 13.0 Å². The molecule has 5 nitrogen and oxygen atoms in total. The van der Waals surface area contributed by atoms with Crippen molar-refractivity contribution in [3.05, 3.63) is 58.3 Å². The Morgan fingerprint density at radius 3 is 2.60 bits per heavy atom. The molecule has 0 aliphatic heterocycles. The van der Waals surface area contributed by atoms with E-state index in [4.69, 9.17) is 15.7 Å². The van der Waals surface area contributed by atoms with E-state index in [1.807, 2.05) is 36.4 Å². The normalized spacial score (nSPS) is 11.3. The number of amidine groups is 1. The maximum absolute atomic E-state index is 8.51. The van der Waals surface area contributed by atoms with Crippen LogP contribution in [0.4, 0.5) is 0 Å². The number of halogens is 1. The predicted octanol–water partition coefficient (Wildman–Crippen LogP) is 2.71. The Morgan fingerprint density at radius 1 is 1.25 bits per heavy atom. The molecule has 0 spiro atoms. The Balaban J connectivity index is 1.92.